The van der Waals surface area contributed by atoms with E-state index in [0.717, 1.165) is 28.0 Å². The quantitative estimate of drug-likeness (QED) is 0.415. The normalized spacial score (nSPS) is 11.4. The molecule has 30 heavy (non-hydrogen) atoms. The zero-order chi connectivity index (χ0) is 21.8. The van der Waals surface area contributed by atoms with Crippen molar-refractivity contribution in [3.63, 3.8) is 0 Å². The van der Waals surface area contributed by atoms with Crippen molar-refractivity contribution < 1.29 is 23.5 Å². The first-order chi connectivity index (χ1) is 14.5. The lowest BCUT2D eigenvalue weighted by Crippen LogP contribution is -2.06. The molecule has 0 fully saturated rings. The number of nitrogens with zero attached hydrogens (tertiary/aromatic N) is 1. The van der Waals surface area contributed by atoms with E-state index >= 15 is 0 Å². The van der Waals surface area contributed by atoms with Crippen LogP contribution in [0.4, 0.5) is 0 Å². The fourth-order valence-electron chi connectivity index (χ4n) is 3.45. The highest BCUT2D eigenvalue weighted by Crippen LogP contribution is 2.46. The molecule has 0 amide bonds. The molecular formula is C23H25ClNO5. The molecule has 0 aliphatic rings. The molecule has 1 heterocycles. The standard InChI is InChI=1S/C23H25ClNO5/c1-13(2)21-19(20(25-30-21)23(28-5)29-6)15-11-10-14(24)12-17(15)16-8-7-9-18(26-3)22(16)27-4/h7-8,10-13,23H,1-6H3. The van der Waals surface area contributed by atoms with Crippen LogP contribution < -0.4 is 9.47 Å². The van der Waals surface area contributed by atoms with Gasteiger partial charge in [0.25, 0.3) is 0 Å². The molecule has 0 unspecified atom stereocenters. The molecule has 6 nitrogen and oxygen atoms in total. The summed E-state index contributed by atoms with van der Waals surface area (Å²) >= 11 is 6.39. The molecule has 0 bridgehead atoms. The number of aromatic nitrogens is 1. The maximum atomic E-state index is 6.39. The van der Waals surface area contributed by atoms with Crippen molar-refractivity contribution in [3.8, 4) is 33.8 Å². The van der Waals surface area contributed by atoms with Gasteiger partial charge in [0.05, 0.1) is 19.8 Å². The van der Waals surface area contributed by atoms with Gasteiger partial charge in [0.2, 0.25) is 6.29 Å². The molecule has 1 radical (unpaired) electrons. The molecule has 3 rings (SSSR count). The smallest absolute Gasteiger partial charge is 0.204 e. The highest BCUT2D eigenvalue weighted by molar-refractivity contribution is 6.31. The van der Waals surface area contributed by atoms with Gasteiger partial charge in [0.1, 0.15) is 11.5 Å². The Morgan fingerprint density at radius 3 is 2.30 bits per heavy atom. The highest BCUT2D eigenvalue weighted by Gasteiger charge is 2.29. The first-order valence-electron chi connectivity index (χ1n) is 9.44. The summed E-state index contributed by atoms with van der Waals surface area (Å²) in [5.41, 5.74) is 3.87. The second-order valence-corrected chi connectivity index (χ2v) is 7.35. The van der Waals surface area contributed by atoms with Gasteiger partial charge in [-0.3, -0.25) is 0 Å². The maximum Gasteiger partial charge on any atom is 0.204 e. The van der Waals surface area contributed by atoms with Gasteiger partial charge in [-0.1, -0.05) is 36.7 Å². The van der Waals surface area contributed by atoms with Gasteiger partial charge in [-0.2, -0.15) is 0 Å². The predicted molar refractivity (Wildman–Crippen MR) is 115 cm³/mol. The van der Waals surface area contributed by atoms with Crippen LogP contribution in [0.15, 0.2) is 34.9 Å². The van der Waals surface area contributed by atoms with Gasteiger partial charge in [-0.25, -0.2) is 0 Å². The van der Waals surface area contributed by atoms with Crippen LogP contribution in [0.1, 0.15) is 37.5 Å². The van der Waals surface area contributed by atoms with Crippen molar-refractivity contribution >= 4 is 11.6 Å². The molecule has 2 aromatic carbocycles. The monoisotopic (exact) mass is 430 g/mol. The van der Waals surface area contributed by atoms with Crippen molar-refractivity contribution in [2.45, 2.75) is 26.1 Å². The summed E-state index contributed by atoms with van der Waals surface area (Å²) in [6.45, 7) is 4.08. The van der Waals surface area contributed by atoms with E-state index in [4.69, 9.17) is 35.1 Å². The van der Waals surface area contributed by atoms with E-state index in [9.17, 15) is 0 Å². The molecule has 3 aromatic rings. The van der Waals surface area contributed by atoms with Gasteiger partial charge in [-0.15, -0.1) is 0 Å². The van der Waals surface area contributed by atoms with Crippen LogP contribution in [0, 0.1) is 6.07 Å². The molecular weight excluding hydrogens is 406 g/mol. The topological polar surface area (TPSA) is 63.0 Å². The van der Waals surface area contributed by atoms with E-state index in [2.05, 4.69) is 11.2 Å². The lowest BCUT2D eigenvalue weighted by molar-refractivity contribution is -0.109. The molecule has 0 atom stereocenters. The molecule has 0 aliphatic carbocycles. The maximum absolute atomic E-state index is 6.39. The summed E-state index contributed by atoms with van der Waals surface area (Å²) in [7, 11) is 6.29. The van der Waals surface area contributed by atoms with Crippen LogP contribution in [0.3, 0.4) is 0 Å². The number of methoxy groups -OCH3 is 4. The average molecular weight is 431 g/mol. The van der Waals surface area contributed by atoms with Crippen molar-refractivity contribution in [1.82, 2.24) is 5.16 Å². The second-order valence-electron chi connectivity index (χ2n) is 6.91. The number of rotatable bonds is 8. The van der Waals surface area contributed by atoms with E-state index in [1.54, 1.807) is 34.5 Å². The van der Waals surface area contributed by atoms with Gasteiger partial charge >= 0.3 is 0 Å². The molecule has 0 saturated heterocycles. The minimum atomic E-state index is -0.680. The lowest BCUT2D eigenvalue weighted by Gasteiger charge is -2.18. The summed E-state index contributed by atoms with van der Waals surface area (Å²) < 4.78 is 27.7. The minimum Gasteiger partial charge on any atom is -0.492 e. The number of hydrogen-bond donors (Lipinski definition) is 0. The molecule has 0 saturated carbocycles. The highest BCUT2D eigenvalue weighted by atomic mass is 35.5. The predicted octanol–water partition coefficient (Wildman–Crippen LogP) is 5.89. The Balaban J connectivity index is 2.35. The molecule has 0 spiro atoms. The van der Waals surface area contributed by atoms with E-state index < -0.39 is 6.29 Å². The summed E-state index contributed by atoms with van der Waals surface area (Å²) in [4.78, 5) is 0. The van der Waals surface area contributed by atoms with Gasteiger partial charge < -0.3 is 23.5 Å². The SMILES string of the molecule is COc1[c]ccc(-c2cc(Cl)ccc2-c2c(C(OC)OC)noc2C(C)C)c1OC. The zero-order valence-corrected chi connectivity index (χ0v) is 18.7. The van der Waals surface area contributed by atoms with E-state index in [0.29, 0.717) is 22.2 Å². The first kappa shape index (κ1) is 22.2. The number of benzene rings is 2. The Morgan fingerprint density at radius 1 is 0.967 bits per heavy atom. The third-order valence-electron chi connectivity index (χ3n) is 4.79. The first-order valence-corrected chi connectivity index (χ1v) is 9.82. The Morgan fingerprint density at radius 2 is 1.70 bits per heavy atom. The summed E-state index contributed by atoms with van der Waals surface area (Å²) in [5.74, 6) is 1.87. The molecule has 0 aliphatic heterocycles. The number of ether oxygens (including phenoxy) is 4. The average Bonchev–Trinajstić information content (AvgIpc) is 3.19. The zero-order valence-electron chi connectivity index (χ0n) is 17.9. The Hall–Kier alpha value is -2.54. The number of hydrogen-bond acceptors (Lipinski definition) is 6. The molecule has 159 valence electrons. The van der Waals surface area contributed by atoms with Crippen LogP contribution in [0.2, 0.25) is 5.02 Å². The van der Waals surface area contributed by atoms with Crippen molar-refractivity contribution in [1.29, 1.82) is 0 Å². The van der Waals surface area contributed by atoms with Gasteiger partial charge in [-0.05, 0) is 35.4 Å². The van der Waals surface area contributed by atoms with Gasteiger partial charge in [0, 0.05) is 36.8 Å². The Bertz CT molecular complexity index is 1010. The third kappa shape index (κ3) is 4.03. The minimum absolute atomic E-state index is 0.0830. The second kappa shape index (κ2) is 9.51. The summed E-state index contributed by atoms with van der Waals surface area (Å²) in [5, 5.41) is 4.85. The van der Waals surface area contributed by atoms with Crippen LogP contribution in [0.25, 0.3) is 22.3 Å². The van der Waals surface area contributed by atoms with Crippen molar-refractivity contribution in [2.24, 2.45) is 0 Å². The van der Waals surface area contributed by atoms with Gasteiger partial charge in [0.15, 0.2) is 11.5 Å². The molecule has 0 N–H and O–H groups in total. The summed E-state index contributed by atoms with van der Waals surface area (Å²) in [6.07, 6.45) is -0.680. The van der Waals surface area contributed by atoms with Crippen LogP contribution in [-0.2, 0) is 9.47 Å². The van der Waals surface area contributed by atoms with E-state index in [1.165, 1.54) is 0 Å². The van der Waals surface area contributed by atoms with Crippen molar-refractivity contribution in [2.75, 3.05) is 28.4 Å². The fraction of sp³-hybridized carbons (Fsp3) is 0.348. The van der Waals surface area contributed by atoms with E-state index in [-0.39, 0.29) is 5.92 Å². The largest absolute Gasteiger partial charge is 0.492 e. The van der Waals surface area contributed by atoms with Crippen LogP contribution in [-0.4, -0.2) is 33.6 Å². The number of halogens is 1. The molecule has 1 aromatic heterocycles. The van der Waals surface area contributed by atoms with Crippen molar-refractivity contribution in [3.05, 3.63) is 52.9 Å². The molecule has 7 heteroatoms. The van der Waals surface area contributed by atoms with E-state index in [1.807, 2.05) is 38.1 Å². The Kier molecular flexibility index (Phi) is 7.02. The van der Waals surface area contributed by atoms with Crippen LogP contribution in [0.5, 0.6) is 11.5 Å². The van der Waals surface area contributed by atoms with Crippen LogP contribution >= 0.6 is 11.6 Å². The Labute approximate surface area is 181 Å². The summed E-state index contributed by atoms with van der Waals surface area (Å²) in [6, 6.07) is 12.4. The third-order valence-corrected chi connectivity index (χ3v) is 5.02. The fourth-order valence-corrected chi connectivity index (χ4v) is 3.62. The lowest BCUT2D eigenvalue weighted by atomic mass is 9.90.